The molecule has 4 aliphatic heterocycles. The average molecular weight is 873 g/mol. The lowest BCUT2D eigenvalue weighted by Crippen LogP contribution is -2.51. The minimum absolute atomic E-state index is 0.0351. The van der Waals surface area contributed by atoms with Crippen molar-refractivity contribution in [2.45, 2.75) is 50.0 Å². The van der Waals surface area contributed by atoms with Gasteiger partial charge in [0.1, 0.15) is 0 Å². The minimum Gasteiger partial charge on any atom is -0.373 e. The first-order valence-corrected chi connectivity index (χ1v) is 24.1. The summed E-state index contributed by atoms with van der Waals surface area (Å²) in [4.78, 5) is 0. The quantitative estimate of drug-likeness (QED) is 0.147. The Hall–Kier alpha value is 0.200. The lowest BCUT2D eigenvalue weighted by molar-refractivity contribution is -0.181. The van der Waals surface area contributed by atoms with Crippen molar-refractivity contribution >= 4 is 31.2 Å². The largest absolute Gasteiger partial charge is 0.373 e. The van der Waals surface area contributed by atoms with Crippen LogP contribution in [0.5, 0.6) is 0 Å². The van der Waals surface area contributed by atoms with Gasteiger partial charge in [0.05, 0.1) is 70.1 Å². The molecule has 0 spiro atoms. The van der Waals surface area contributed by atoms with Crippen molar-refractivity contribution < 1.29 is 65.5 Å². The zero-order valence-electron chi connectivity index (χ0n) is 33.5. The summed E-state index contributed by atoms with van der Waals surface area (Å²) in [5.41, 5.74) is 0. The Morgan fingerprint density at radius 1 is 0.655 bits per heavy atom. The van der Waals surface area contributed by atoms with E-state index in [-0.39, 0.29) is 78.4 Å². The van der Waals surface area contributed by atoms with Crippen molar-refractivity contribution in [3.8, 4) is 0 Å². The molecule has 0 saturated carbocycles. The highest BCUT2D eigenvalue weighted by molar-refractivity contribution is 7.54. The van der Waals surface area contributed by atoms with Crippen LogP contribution in [-0.4, -0.2) is 228 Å². The van der Waals surface area contributed by atoms with Gasteiger partial charge in [-0.2, -0.15) is 0 Å². The van der Waals surface area contributed by atoms with Crippen LogP contribution in [0, 0.1) is 0 Å². The third kappa shape index (κ3) is 12.9. The minimum atomic E-state index is -3.71. The Balaban J connectivity index is 1.37. The predicted octanol–water partition coefficient (Wildman–Crippen LogP) is 0.129. The lowest BCUT2D eigenvalue weighted by Gasteiger charge is -2.44. The normalized spacial score (nSPS) is 33.5. The van der Waals surface area contributed by atoms with E-state index in [0.717, 1.165) is 0 Å². The Morgan fingerprint density at radius 2 is 1.15 bits per heavy atom. The summed E-state index contributed by atoms with van der Waals surface area (Å²) in [7, 11) is -0.272. The number of nitrogens with zero attached hydrogens (tertiary/aromatic N) is 7. The summed E-state index contributed by atoms with van der Waals surface area (Å²) >= 11 is 0. The van der Waals surface area contributed by atoms with E-state index in [1.807, 2.05) is 6.92 Å². The number of hydrogen-bond acceptors (Lipinski definition) is 15. The maximum atomic E-state index is 14.6. The van der Waals surface area contributed by atoms with Crippen molar-refractivity contribution in [3.05, 3.63) is 0 Å². The number of rotatable bonds is 19. The maximum Gasteiger partial charge on any atom is 0.345 e. The van der Waals surface area contributed by atoms with Gasteiger partial charge < -0.3 is 52.6 Å². The molecule has 324 valence electrons. The summed E-state index contributed by atoms with van der Waals surface area (Å²) in [6.07, 6.45) is -5.08. The van der Waals surface area contributed by atoms with Gasteiger partial charge >= 0.3 is 23.0 Å². The molecule has 0 aromatic rings. The second kappa shape index (κ2) is 21.1. The number of hydrogen-bond donors (Lipinski definition) is 3. The standard InChI is InChI=1S/C29H64N8O14P4/c1-23-14-36(16-26(49-23)19-45-52(40)31(2)3)54(42,33(6)7)47-21-25-15-35(10-11-44-25)53(41,32(4)5)48-22-27-17-37(18-29(39)51-27)55(43,34(8)9)46-20-24-12-30-13-28(38)50-24/h23-30,38-39,52H,10-22H2,1-9H3/t23-,24-,25-,26-,27-,28+,29+,53?,54?,55?/m0/s1. The predicted molar refractivity (Wildman–Crippen MR) is 204 cm³/mol. The molecule has 4 fully saturated rings. The van der Waals surface area contributed by atoms with Crippen molar-refractivity contribution in [1.82, 2.24) is 38.0 Å². The van der Waals surface area contributed by atoms with Gasteiger partial charge in [-0.25, -0.2) is 32.7 Å². The summed E-state index contributed by atoms with van der Waals surface area (Å²) in [5, 5.41) is 23.5. The van der Waals surface area contributed by atoms with Crippen LogP contribution in [0.3, 0.4) is 0 Å². The molecule has 0 aromatic carbocycles. The van der Waals surface area contributed by atoms with Crippen molar-refractivity contribution in [1.29, 1.82) is 0 Å². The molecule has 4 unspecified atom stereocenters. The summed E-state index contributed by atoms with van der Waals surface area (Å²) in [6.45, 7) is 3.34. The van der Waals surface area contributed by atoms with Crippen LogP contribution in [0.2, 0.25) is 0 Å². The smallest absolute Gasteiger partial charge is 0.345 e. The maximum absolute atomic E-state index is 14.6. The highest BCUT2D eigenvalue weighted by atomic mass is 31.2. The SMILES string of the molecule is C[C@H]1CN(P(=O)(OC[C@@H]2CN(P(=O)(OC[C@@H]3CN(P(=O)(OC[C@@H]4CNC[C@H](O)O4)N(C)C)C[C@H](O)O3)N(C)C)CCO2)N(C)C)C[C@@H](CO[PH](=O)N(C)C)O1. The van der Waals surface area contributed by atoms with Crippen molar-refractivity contribution in [2.75, 3.05) is 142 Å². The highest BCUT2D eigenvalue weighted by Gasteiger charge is 2.46. The molecular weight excluding hydrogens is 808 g/mol. The van der Waals surface area contributed by atoms with Crippen LogP contribution >= 0.6 is 31.2 Å². The van der Waals surface area contributed by atoms with Crippen LogP contribution < -0.4 is 5.32 Å². The first-order valence-electron chi connectivity index (χ1n) is 18.3. The number of aliphatic hydroxyl groups excluding tert-OH is 2. The molecule has 26 heteroatoms. The number of β-amino-alcohol motifs (C(OH)–C–C–N with tert-alkyl or cyclic N) is 2. The van der Waals surface area contributed by atoms with Gasteiger partial charge in [-0.1, -0.05) is 0 Å². The van der Waals surface area contributed by atoms with E-state index in [2.05, 4.69) is 5.32 Å². The van der Waals surface area contributed by atoms with E-state index < -0.39 is 68.2 Å². The number of aliphatic hydroxyl groups is 2. The molecule has 4 rings (SSSR count). The van der Waals surface area contributed by atoms with Gasteiger partial charge in [-0.15, -0.1) is 0 Å². The van der Waals surface area contributed by atoms with Crippen molar-refractivity contribution in [2.24, 2.45) is 0 Å². The van der Waals surface area contributed by atoms with Crippen molar-refractivity contribution in [3.63, 3.8) is 0 Å². The summed E-state index contributed by atoms with van der Waals surface area (Å²) in [6, 6.07) is 0. The second-order valence-electron chi connectivity index (χ2n) is 14.7. The fourth-order valence-corrected chi connectivity index (χ4v) is 13.1. The van der Waals surface area contributed by atoms with E-state index in [9.17, 15) is 28.5 Å². The fraction of sp³-hybridized carbons (Fsp3) is 1.00. The zero-order valence-corrected chi connectivity index (χ0v) is 37.2. The van der Waals surface area contributed by atoms with Crippen LogP contribution in [0.15, 0.2) is 0 Å². The fourth-order valence-electron chi connectivity index (χ4n) is 6.42. The molecular formula is C29H64N8O14P4. The molecule has 0 radical (unpaired) electrons. The molecule has 4 aliphatic rings. The molecule has 4 saturated heterocycles. The number of morpholine rings is 4. The number of ether oxygens (including phenoxy) is 4. The van der Waals surface area contributed by atoms with Gasteiger partial charge in [0.2, 0.25) is 0 Å². The Kier molecular flexibility index (Phi) is 18.4. The first kappa shape index (κ1) is 47.9. The van der Waals surface area contributed by atoms with Crippen LogP contribution in [-0.2, 0) is 55.3 Å². The molecule has 22 nitrogen and oxygen atoms in total. The van der Waals surface area contributed by atoms with E-state index >= 15 is 0 Å². The van der Waals surface area contributed by atoms with Gasteiger partial charge in [0.25, 0.3) is 8.18 Å². The molecule has 3 N–H and O–H groups in total. The molecule has 0 aliphatic carbocycles. The van der Waals surface area contributed by atoms with Gasteiger partial charge in [0, 0.05) is 45.8 Å². The molecule has 0 amide bonds. The Morgan fingerprint density at radius 3 is 1.71 bits per heavy atom. The monoisotopic (exact) mass is 872 g/mol. The molecule has 0 bridgehead atoms. The van der Waals surface area contributed by atoms with Crippen LogP contribution in [0.4, 0.5) is 0 Å². The van der Waals surface area contributed by atoms with Crippen LogP contribution in [0.1, 0.15) is 6.92 Å². The second-order valence-corrected chi connectivity index (χ2v) is 24.2. The average Bonchev–Trinajstić information content (AvgIpc) is 3.13. The van der Waals surface area contributed by atoms with Gasteiger partial charge in [0.15, 0.2) is 12.6 Å². The Bertz CT molecular complexity index is 1390. The topological polar surface area (TPSA) is 217 Å². The van der Waals surface area contributed by atoms with Gasteiger partial charge in [-0.3, -0.25) is 18.3 Å². The van der Waals surface area contributed by atoms with Crippen LogP contribution in [0.25, 0.3) is 0 Å². The van der Waals surface area contributed by atoms with Gasteiger partial charge in [-0.05, 0) is 63.3 Å². The molecule has 4 heterocycles. The Labute approximate surface area is 326 Å². The third-order valence-corrected chi connectivity index (χ3v) is 18.0. The van der Waals surface area contributed by atoms with E-state index in [1.54, 1.807) is 65.7 Å². The number of nitrogens with one attached hydrogen (secondary N) is 1. The lowest BCUT2D eigenvalue weighted by atomic mass is 10.2. The summed E-state index contributed by atoms with van der Waals surface area (Å²) < 4.78 is 113. The molecule has 0 aromatic heterocycles. The van der Waals surface area contributed by atoms with E-state index in [0.29, 0.717) is 13.1 Å². The van der Waals surface area contributed by atoms with E-state index in [1.165, 1.54) is 23.4 Å². The molecule has 11 atom stereocenters. The summed E-state index contributed by atoms with van der Waals surface area (Å²) in [5.74, 6) is 0. The molecule has 55 heavy (non-hydrogen) atoms. The third-order valence-electron chi connectivity index (χ3n) is 9.23. The van der Waals surface area contributed by atoms with E-state index in [4.69, 9.17) is 37.0 Å². The first-order chi connectivity index (χ1) is 25.8. The highest BCUT2D eigenvalue weighted by Crippen LogP contribution is 2.57. The zero-order chi connectivity index (χ0) is 40.7.